The van der Waals surface area contributed by atoms with Crippen molar-refractivity contribution in [3.05, 3.63) is 8.46 Å². The molecule has 0 aromatic carbocycles. The molecule has 0 unspecified atom stereocenters. The Morgan fingerprint density at radius 2 is 2.00 bits per heavy atom. The molecule has 0 saturated heterocycles. The fourth-order valence-electron chi connectivity index (χ4n) is 0.216. The van der Waals surface area contributed by atoms with Gasteiger partial charge in [0.15, 0.2) is 0 Å². The van der Waals surface area contributed by atoms with Gasteiger partial charge in [0.25, 0.3) is 0 Å². The average Bonchev–Trinajstić information content (AvgIpc) is 1.91. The zero-order chi connectivity index (χ0) is 5.28. The average molecular weight is 173 g/mol. The van der Waals surface area contributed by atoms with Crippen molar-refractivity contribution in [2.75, 3.05) is 0 Å². The summed E-state index contributed by atoms with van der Waals surface area (Å²) in [7, 11) is 0. The van der Waals surface area contributed by atoms with Crippen LogP contribution in [0, 0.1) is 8.46 Å². The molecule has 0 aliphatic carbocycles. The van der Waals surface area contributed by atoms with E-state index in [1.54, 1.807) is 0 Å². The predicted molar refractivity (Wildman–Crippen MR) is 40.4 cm³/mol. The monoisotopic (exact) mass is 173 g/mol. The Labute approximate surface area is 82.8 Å². The summed E-state index contributed by atoms with van der Waals surface area (Å²) in [6.45, 7) is 0. The van der Waals surface area contributed by atoms with Crippen molar-refractivity contribution in [1.82, 2.24) is 9.59 Å². The number of hydrogen-bond acceptors (Lipinski definition) is 3. The molecule has 0 aliphatic heterocycles. The van der Waals surface area contributed by atoms with Gasteiger partial charge in [0.1, 0.15) is 8.46 Å². The summed E-state index contributed by atoms with van der Waals surface area (Å²) in [6, 6.07) is 0. The zero-order valence-electron chi connectivity index (χ0n) is 4.22. The maximum Gasteiger partial charge on any atom is 0.148 e. The third kappa shape index (κ3) is 2.08. The molecule has 0 fully saturated rings. The Hall–Kier alpha value is 1.00. The van der Waals surface area contributed by atoms with E-state index in [2.05, 4.69) is 9.59 Å². The first-order chi connectivity index (χ1) is 3.30. The first kappa shape index (κ1) is 9.00. The second kappa shape index (κ2) is 3.92. The van der Waals surface area contributed by atoms with Crippen molar-refractivity contribution in [2.24, 2.45) is 0 Å². The summed E-state index contributed by atoms with van der Waals surface area (Å²) in [5.74, 6) is 0. The number of hydrogen-bond donors (Lipinski definition) is 2. The van der Waals surface area contributed by atoms with E-state index in [0.717, 1.165) is 3.82 Å². The molecule has 0 atom stereocenters. The zero-order valence-corrected chi connectivity index (χ0v) is 8.67. The maximum absolute atomic E-state index is 4.74. The summed E-state index contributed by atoms with van der Waals surface area (Å²) in [4.78, 5) is 0. The molecule has 0 bridgehead atoms. The van der Waals surface area contributed by atoms with E-state index in [4.69, 9.17) is 24.4 Å². The summed E-state index contributed by atoms with van der Waals surface area (Å²) in [5.41, 5.74) is 0. The van der Waals surface area contributed by atoms with Crippen molar-refractivity contribution in [3.63, 3.8) is 0 Å². The minimum Gasteiger partial charge on any atom is -0.280 e. The van der Waals surface area contributed by atoms with Crippen LogP contribution >= 0.6 is 36.0 Å². The van der Waals surface area contributed by atoms with Crippen LogP contribution in [0.4, 0.5) is 0 Å². The van der Waals surface area contributed by atoms with Gasteiger partial charge in [0.05, 0.1) is 0 Å². The van der Waals surface area contributed by atoms with E-state index in [0.29, 0.717) is 4.64 Å². The number of rotatable bonds is 0. The van der Waals surface area contributed by atoms with Crippen molar-refractivity contribution in [1.29, 1.82) is 0 Å². The van der Waals surface area contributed by atoms with E-state index in [1.165, 1.54) is 11.5 Å². The Kier molecular flexibility index (Phi) is 4.41. The van der Waals surface area contributed by atoms with E-state index < -0.39 is 0 Å². The number of nitrogens with one attached hydrogen (secondary N) is 2. The van der Waals surface area contributed by atoms with Crippen LogP contribution in [0.25, 0.3) is 0 Å². The Balaban J connectivity index is 0.000000490. The summed E-state index contributed by atoms with van der Waals surface area (Å²) < 4.78 is 4.05. The van der Waals surface area contributed by atoms with Gasteiger partial charge in [-0.15, -0.1) is 0 Å². The summed E-state index contributed by atoms with van der Waals surface area (Å²) in [6.07, 6.45) is 0. The molecular formula is C2H2N2NaS3. The molecule has 2 N–H and O–H groups in total. The van der Waals surface area contributed by atoms with Gasteiger partial charge in [-0.1, -0.05) is 24.4 Å². The first-order valence-corrected chi connectivity index (χ1v) is 3.20. The van der Waals surface area contributed by atoms with E-state index in [-0.39, 0.29) is 29.6 Å². The van der Waals surface area contributed by atoms with Crippen LogP contribution in [-0.4, -0.2) is 39.1 Å². The molecule has 2 nitrogen and oxygen atoms in total. The van der Waals surface area contributed by atoms with Crippen LogP contribution < -0.4 is 0 Å². The van der Waals surface area contributed by atoms with Gasteiger partial charge in [-0.25, -0.2) is 0 Å². The topological polar surface area (TPSA) is 31.6 Å². The Morgan fingerprint density at radius 1 is 1.38 bits per heavy atom. The van der Waals surface area contributed by atoms with Gasteiger partial charge in [-0.3, -0.25) is 9.59 Å². The minimum absolute atomic E-state index is 0. The Morgan fingerprint density at radius 3 is 2.12 bits per heavy atom. The van der Waals surface area contributed by atoms with Gasteiger partial charge in [-0.2, -0.15) is 0 Å². The molecule has 39 valence electrons. The molecule has 0 amide bonds. The van der Waals surface area contributed by atoms with E-state index in [1.807, 2.05) is 0 Å². The molecular weight excluding hydrogens is 171 g/mol. The largest absolute Gasteiger partial charge is 0.280 e. The van der Waals surface area contributed by atoms with E-state index >= 15 is 0 Å². The van der Waals surface area contributed by atoms with Crippen LogP contribution in [-0.2, 0) is 0 Å². The number of H-pyrrole nitrogens is 2. The van der Waals surface area contributed by atoms with E-state index in [9.17, 15) is 0 Å². The fourth-order valence-corrected chi connectivity index (χ4v) is 1.02. The molecule has 1 aromatic rings. The van der Waals surface area contributed by atoms with Crippen LogP contribution in [0.1, 0.15) is 0 Å². The van der Waals surface area contributed by atoms with Crippen LogP contribution in [0.3, 0.4) is 0 Å². The molecule has 1 radical (unpaired) electrons. The van der Waals surface area contributed by atoms with Gasteiger partial charge in [0, 0.05) is 29.6 Å². The van der Waals surface area contributed by atoms with Crippen LogP contribution in [0.5, 0.6) is 0 Å². The van der Waals surface area contributed by atoms with Crippen LogP contribution in [0.15, 0.2) is 0 Å². The second-order valence-electron chi connectivity index (χ2n) is 0.946. The SMILES string of the molecule is S=c1[nH][nH]sc1=S.[Na]. The van der Waals surface area contributed by atoms with Crippen molar-refractivity contribution in [2.45, 2.75) is 0 Å². The van der Waals surface area contributed by atoms with Crippen molar-refractivity contribution >= 4 is 65.5 Å². The molecule has 1 aromatic heterocycles. The molecule has 8 heavy (non-hydrogen) atoms. The second-order valence-corrected chi connectivity index (χ2v) is 2.84. The predicted octanol–water partition coefficient (Wildman–Crippen LogP) is 1.48. The third-order valence-electron chi connectivity index (χ3n) is 0.494. The van der Waals surface area contributed by atoms with Crippen molar-refractivity contribution < 1.29 is 0 Å². The van der Waals surface area contributed by atoms with Crippen molar-refractivity contribution in [3.8, 4) is 0 Å². The summed E-state index contributed by atoms with van der Waals surface area (Å²) in [5, 5.41) is 2.67. The molecule has 6 heteroatoms. The smallest absolute Gasteiger partial charge is 0.148 e. The normalized spacial score (nSPS) is 8.00. The van der Waals surface area contributed by atoms with Gasteiger partial charge >= 0.3 is 0 Å². The molecule has 0 aliphatic rings. The number of aromatic nitrogens is 2. The number of aromatic amines is 2. The fraction of sp³-hybridized carbons (Fsp3) is 0. The standard InChI is InChI=1S/C2H2N2S3.Na/c5-1-2(6)7-4-3-1;/h4H,(H,3,5);. The Bertz CT molecular complexity index is 220. The molecule has 0 saturated carbocycles. The summed E-state index contributed by atoms with van der Waals surface area (Å²) >= 11 is 10.8. The maximum atomic E-state index is 4.74. The third-order valence-corrected chi connectivity index (χ3v) is 2.11. The minimum atomic E-state index is 0. The first-order valence-electron chi connectivity index (χ1n) is 1.57. The molecule has 1 rings (SSSR count). The quantitative estimate of drug-likeness (QED) is 0.460. The van der Waals surface area contributed by atoms with Gasteiger partial charge in [0.2, 0.25) is 0 Å². The molecule has 1 heterocycles. The molecule has 0 spiro atoms. The van der Waals surface area contributed by atoms with Gasteiger partial charge < -0.3 is 0 Å². The van der Waals surface area contributed by atoms with Crippen LogP contribution in [0.2, 0.25) is 0 Å². The van der Waals surface area contributed by atoms with Gasteiger partial charge in [-0.05, 0) is 11.5 Å².